The Morgan fingerprint density at radius 1 is 1.30 bits per heavy atom. The van der Waals surface area contributed by atoms with Gasteiger partial charge in [0.25, 0.3) is 0 Å². The Morgan fingerprint density at radius 2 is 2.13 bits per heavy atom. The molecule has 0 amide bonds. The Bertz CT molecular complexity index is 917. The van der Waals surface area contributed by atoms with Crippen LogP contribution >= 0.6 is 0 Å². The van der Waals surface area contributed by atoms with Gasteiger partial charge in [-0.3, -0.25) is 0 Å². The van der Waals surface area contributed by atoms with Crippen LogP contribution in [0.15, 0.2) is 12.1 Å². The van der Waals surface area contributed by atoms with E-state index in [1.54, 1.807) is 10.6 Å². The molecule has 23 heavy (non-hydrogen) atoms. The largest absolute Gasteiger partial charge is 0.351 e. The molecule has 1 aromatic carbocycles. The predicted octanol–water partition coefficient (Wildman–Crippen LogP) is 0.516. The summed E-state index contributed by atoms with van der Waals surface area (Å²) in [5.74, 6) is 0.809. The van der Waals surface area contributed by atoms with Gasteiger partial charge in [-0.1, -0.05) is 6.92 Å². The van der Waals surface area contributed by atoms with Crippen molar-refractivity contribution >= 4 is 22.5 Å². The molecule has 3 aromatic rings. The fourth-order valence-electron chi connectivity index (χ4n) is 3.04. The number of aromatic nitrogens is 5. The van der Waals surface area contributed by atoms with Gasteiger partial charge in [0, 0.05) is 26.2 Å². The Labute approximate surface area is 132 Å². The van der Waals surface area contributed by atoms with Gasteiger partial charge in [0.2, 0.25) is 5.65 Å². The zero-order valence-corrected chi connectivity index (χ0v) is 12.8. The smallest absolute Gasteiger partial charge is 0.222 e. The Morgan fingerprint density at radius 3 is 2.87 bits per heavy atom. The highest BCUT2D eigenvalue weighted by Gasteiger charge is 2.20. The van der Waals surface area contributed by atoms with Crippen LogP contribution in [0.25, 0.3) is 16.7 Å². The first-order chi connectivity index (χ1) is 11.3. The van der Waals surface area contributed by atoms with Gasteiger partial charge in [-0.05, 0) is 34.5 Å². The fraction of sp³-hybridized carbons (Fsp3) is 0.400. The number of hydrogen-bond acceptors (Lipinski definition) is 7. The summed E-state index contributed by atoms with van der Waals surface area (Å²) in [4.78, 5) is 7.08. The zero-order valence-electron chi connectivity index (χ0n) is 12.8. The van der Waals surface area contributed by atoms with Crippen LogP contribution in [0, 0.1) is 11.3 Å². The third-order valence-corrected chi connectivity index (χ3v) is 4.21. The molecule has 0 aliphatic carbocycles. The van der Waals surface area contributed by atoms with E-state index in [2.05, 4.69) is 38.7 Å². The number of tetrazole rings is 1. The van der Waals surface area contributed by atoms with Crippen LogP contribution in [-0.2, 0) is 6.42 Å². The summed E-state index contributed by atoms with van der Waals surface area (Å²) in [6, 6.07) is 5.89. The molecule has 0 unspecified atom stereocenters. The Balaban J connectivity index is 2.04. The second-order valence-electron chi connectivity index (χ2n) is 5.56. The molecular formula is C15H16N8. The summed E-state index contributed by atoms with van der Waals surface area (Å²) >= 11 is 0. The van der Waals surface area contributed by atoms with Gasteiger partial charge in [-0.25, -0.2) is 4.98 Å². The number of nitriles is 1. The van der Waals surface area contributed by atoms with Gasteiger partial charge < -0.3 is 10.2 Å². The molecule has 4 rings (SSSR count). The Kier molecular flexibility index (Phi) is 3.28. The lowest BCUT2D eigenvalue weighted by molar-refractivity contribution is 0.585. The number of benzene rings is 1. The maximum Gasteiger partial charge on any atom is 0.222 e. The van der Waals surface area contributed by atoms with E-state index in [0.717, 1.165) is 55.0 Å². The average molecular weight is 308 g/mol. The van der Waals surface area contributed by atoms with Crippen molar-refractivity contribution < 1.29 is 0 Å². The number of hydrogen-bond donors (Lipinski definition) is 1. The number of nitrogens with one attached hydrogen (secondary N) is 1. The SMILES string of the molecule is CCc1cc(C#N)cc2c1nc(N1CCNCC1)c1nnnn12. The van der Waals surface area contributed by atoms with E-state index in [1.165, 1.54) is 0 Å². The molecule has 1 aliphatic heterocycles. The van der Waals surface area contributed by atoms with Crippen LogP contribution < -0.4 is 10.2 Å². The van der Waals surface area contributed by atoms with Gasteiger partial charge in [0.05, 0.1) is 22.7 Å². The van der Waals surface area contributed by atoms with Gasteiger partial charge >= 0.3 is 0 Å². The van der Waals surface area contributed by atoms with Crippen LogP contribution in [-0.4, -0.2) is 51.2 Å². The minimum atomic E-state index is 0.600. The molecule has 1 saturated heterocycles. The zero-order chi connectivity index (χ0) is 15.8. The molecule has 1 fully saturated rings. The summed E-state index contributed by atoms with van der Waals surface area (Å²) in [5, 5.41) is 24.7. The Hall–Kier alpha value is -2.79. The highest BCUT2D eigenvalue weighted by atomic mass is 15.5. The van der Waals surface area contributed by atoms with Gasteiger partial charge in [-0.2, -0.15) is 9.78 Å². The maximum atomic E-state index is 9.25. The third-order valence-electron chi connectivity index (χ3n) is 4.21. The van der Waals surface area contributed by atoms with E-state index in [0.29, 0.717) is 11.2 Å². The molecule has 116 valence electrons. The normalized spacial score (nSPS) is 15.2. The number of fused-ring (bicyclic) bond motifs is 3. The molecule has 2 aromatic heterocycles. The molecule has 1 aliphatic rings. The van der Waals surface area contributed by atoms with Crippen LogP contribution in [0.1, 0.15) is 18.1 Å². The standard InChI is InChI=1S/C15H16N8/c1-2-11-7-10(9-16)8-12-13(11)18-14(15-19-20-21-23(12)15)22-5-3-17-4-6-22/h7-8,17H,2-6H2,1H3. The molecule has 0 bridgehead atoms. The molecule has 3 heterocycles. The number of piperazine rings is 1. The number of rotatable bonds is 2. The lowest BCUT2D eigenvalue weighted by Crippen LogP contribution is -2.44. The number of anilines is 1. The van der Waals surface area contributed by atoms with Crippen molar-refractivity contribution in [3.05, 3.63) is 23.3 Å². The lowest BCUT2D eigenvalue weighted by Gasteiger charge is -2.28. The lowest BCUT2D eigenvalue weighted by atomic mass is 10.1. The van der Waals surface area contributed by atoms with Crippen molar-refractivity contribution in [2.24, 2.45) is 0 Å². The maximum absolute atomic E-state index is 9.25. The van der Waals surface area contributed by atoms with E-state index in [1.807, 2.05) is 6.07 Å². The summed E-state index contributed by atoms with van der Waals surface area (Å²) in [5.41, 5.74) is 3.91. The van der Waals surface area contributed by atoms with Gasteiger partial charge in [0.1, 0.15) is 0 Å². The van der Waals surface area contributed by atoms with E-state index < -0.39 is 0 Å². The van der Waals surface area contributed by atoms with E-state index in [-0.39, 0.29) is 0 Å². The van der Waals surface area contributed by atoms with Crippen LogP contribution in [0.4, 0.5) is 5.82 Å². The highest BCUT2D eigenvalue weighted by molar-refractivity contribution is 5.86. The van der Waals surface area contributed by atoms with Crippen molar-refractivity contribution in [2.45, 2.75) is 13.3 Å². The van der Waals surface area contributed by atoms with E-state index in [4.69, 9.17) is 4.98 Å². The first-order valence-electron chi connectivity index (χ1n) is 7.72. The minimum Gasteiger partial charge on any atom is -0.351 e. The van der Waals surface area contributed by atoms with Crippen molar-refractivity contribution in [2.75, 3.05) is 31.1 Å². The van der Waals surface area contributed by atoms with Crippen molar-refractivity contribution in [1.29, 1.82) is 5.26 Å². The molecule has 0 radical (unpaired) electrons. The number of nitrogens with zero attached hydrogens (tertiary/aromatic N) is 7. The molecular weight excluding hydrogens is 292 g/mol. The molecule has 0 saturated carbocycles. The second-order valence-corrected chi connectivity index (χ2v) is 5.56. The summed E-state index contributed by atoms with van der Waals surface area (Å²) < 4.78 is 1.69. The molecule has 0 atom stereocenters. The fourth-order valence-corrected chi connectivity index (χ4v) is 3.04. The summed E-state index contributed by atoms with van der Waals surface area (Å²) in [6.45, 7) is 5.65. The van der Waals surface area contributed by atoms with Crippen molar-refractivity contribution in [3.8, 4) is 6.07 Å². The first-order valence-corrected chi connectivity index (χ1v) is 7.72. The molecule has 0 spiro atoms. The van der Waals surface area contributed by atoms with Crippen LogP contribution in [0.5, 0.6) is 0 Å². The topological polar surface area (TPSA) is 95.0 Å². The molecule has 1 N–H and O–H groups in total. The summed E-state index contributed by atoms with van der Waals surface area (Å²) in [7, 11) is 0. The highest BCUT2D eigenvalue weighted by Crippen LogP contribution is 2.26. The monoisotopic (exact) mass is 308 g/mol. The third kappa shape index (κ3) is 2.17. The van der Waals surface area contributed by atoms with Crippen molar-refractivity contribution in [3.63, 3.8) is 0 Å². The molecule has 8 heteroatoms. The second kappa shape index (κ2) is 5.44. The van der Waals surface area contributed by atoms with E-state index >= 15 is 0 Å². The molecule has 8 nitrogen and oxygen atoms in total. The first kappa shape index (κ1) is 13.8. The van der Waals surface area contributed by atoms with Crippen LogP contribution in [0.3, 0.4) is 0 Å². The van der Waals surface area contributed by atoms with E-state index in [9.17, 15) is 5.26 Å². The van der Waals surface area contributed by atoms with Crippen molar-refractivity contribution in [1.82, 2.24) is 30.3 Å². The number of aryl methyl sites for hydroxylation is 1. The minimum absolute atomic E-state index is 0.600. The average Bonchev–Trinajstić information content (AvgIpc) is 3.10. The van der Waals surface area contributed by atoms with Gasteiger partial charge in [0.15, 0.2) is 5.82 Å². The predicted molar refractivity (Wildman–Crippen MR) is 85.3 cm³/mol. The summed E-state index contributed by atoms with van der Waals surface area (Å²) in [6.07, 6.45) is 0.799. The quantitative estimate of drug-likeness (QED) is 0.737. The van der Waals surface area contributed by atoms with Crippen LogP contribution in [0.2, 0.25) is 0 Å². The van der Waals surface area contributed by atoms with Gasteiger partial charge in [-0.15, -0.1) is 5.10 Å².